The van der Waals surface area contributed by atoms with Crippen LogP contribution in [0.2, 0.25) is 10.0 Å². The second-order valence-electron chi connectivity index (χ2n) is 9.71. The van der Waals surface area contributed by atoms with Gasteiger partial charge in [-0.05, 0) is 62.1 Å². The van der Waals surface area contributed by atoms with Crippen molar-refractivity contribution in [1.29, 1.82) is 0 Å². The zero-order valence-corrected chi connectivity index (χ0v) is 22.8. The summed E-state index contributed by atoms with van der Waals surface area (Å²) >= 11 is 19.3. The molecule has 1 aliphatic heterocycles. The smallest absolute Gasteiger partial charge is 0.309 e. The molecule has 34 heavy (non-hydrogen) atoms. The topological polar surface area (TPSA) is 80.8 Å². The van der Waals surface area contributed by atoms with Gasteiger partial charge >= 0.3 is 5.97 Å². The number of esters is 1. The molecule has 2 amide bonds. The Bertz CT molecular complexity index is 1030. The molecule has 1 heterocycles. The number of carbonyl (C=O) groups excluding carboxylic acids is 4. The monoisotopic (exact) mass is 633 g/mol. The van der Waals surface area contributed by atoms with Gasteiger partial charge in [0, 0.05) is 26.3 Å². The average molecular weight is 636 g/mol. The van der Waals surface area contributed by atoms with E-state index >= 15 is 0 Å². The van der Waals surface area contributed by atoms with Gasteiger partial charge in [-0.15, -0.1) is 0 Å². The van der Waals surface area contributed by atoms with Crippen molar-refractivity contribution < 1.29 is 23.9 Å². The van der Waals surface area contributed by atoms with Crippen molar-refractivity contribution in [1.82, 2.24) is 4.90 Å². The highest BCUT2D eigenvalue weighted by Gasteiger charge is 2.67. The molecule has 182 valence electrons. The molecule has 0 aromatic heterocycles. The van der Waals surface area contributed by atoms with Crippen LogP contribution in [0.4, 0.5) is 0 Å². The Morgan fingerprint density at radius 3 is 2.12 bits per heavy atom. The van der Waals surface area contributed by atoms with Crippen molar-refractivity contribution >= 4 is 78.6 Å². The van der Waals surface area contributed by atoms with Crippen LogP contribution in [0.1, 0.15) is 42.5 Å². The molecule has 4 fully saturated rings. The molecule has 6 nitrogen and oxygen atoms in total. The minimum atomic E-state index is -0.435. The standard InChI is InChI=1S/C24H23Br2Cl2NO5/c25-20-14-8-15(21(20)26)19-18(14)22(31)29(23(19)32)12-4-1-10(2-5-12)24(33)34-9-17(30)13-6-3-11(27)7-16(13)28/h3,6-7,10,12,14-15,18-21H,1-2,4-5,8-9H2/t10?,12?,14-,15+,18-,19-,20-,21+/m0/s1. The minimum Gasteiger partial charge on any atom is -0.457 e. The molecule has 0 radical (unpaired) electrons. The van der Waals surface area contributed by atoms with Gasteiger partial charge in [0.2, 0.25) is 17.6 Å². The van der Waals surface area contributed by atoms with E-state index in [9.17, 15) is 19.2 Å². The molecule has 0 spiro atoms. The van der Waals surface area contributed by atoms with Crippen LogP contribution in [0.3, 0.4) is 0 Å². The number of benzene rings is 1. The third kappa shape index (κ3) is 4.06. The fourth-order valence-electron chi connectivity index (χ4n) is 6.35. The molecular weight excluding hydrogens is 613 g/mol. The number of carbonyl (C=O) groups is 4. The van der Waals surface area contributed by atoms with Gasteiger partial charge in [0.1, 0.15) is 0 Å². The highest BCUT2D eigenvalue weighted by molar-refractivity contribution is 9.12. The molecule has 0 unspecified atom stereocenters. The van der Waals surface area contributed by atoms with Gasteiger partial charge in [-0.1, -0.05) is 55.1 Å². The zero-order chi connectivity index (χ0) is 24.3. The number of ether oxygens (including phenoxy) is 1. The third-order valence-electron chi connectivity index (χ3n) is 7.99. The van der Waals surface area contributed by atoms with Gasteiger partial charge in [0.15, 0.2) is 6.61 Å². The maximum absolute atomic E-state index is 13.2. The van der Waals surface area contributed by atoms with E-state index in [0.29, 0.717) is 30.7 Å². The first-order valence-corrected chi connectivity index (χ1v) is 14.1. The second kappa shape index (κ2) is 9.49. The van der Waals surface area contributed by atoms with Crippen LogP contribution in [0, 0.1) is 29.6 Å². The number of hydrogen-bond acceptors (Lipinski definition) is 5. The van der Waals surface area contributed by atoms with Crippen LogP contribution in [0.15, 0.2) is 18.2 Å². The minimum absolute atomic E-state index is 0.0391. The Labute approximate surface area is 224 Å². The van der Waals surface area contributed by atoms with Gasteiger partial charge in [0.25, 0.3) is 0 Å². The van der Waals surface area contributed by atoms with Gasteiger partial charge in [0.05, 0.1) is 22.8 Å². The van der Waals surface area contributed by atoms with Crippen LogP contribution in [-0.2, 0) is 19.1 Å². The molecule has 10 heteroatoms. The molecule has 3 aliphatic carbocycles. The second-order valence-corrected chi connectivity index (χ2v) is 12.7. The molecule has 1 aromatic carbocycles. The number of nitrogens with zero attached hydrogens (tertiary/aromatic N) is 1. The largest absolute Gasteiger partial charge is 0.457 e. The highest BCUT2D eigenvalue weighted by atomic mass is 79.9. The number of likely N-dealkylation sites (tertiary alicyclic amines) is 1. The summed E-state index contributed by atoms with van der Waals surface area (Å²) in [5.41, 5.74) is 0.254. The Balaban J connectivity index is 1.15. The lowest BCUT2D eigenvalue weighted by molar-refractivity contribution is -0.149. The first-order chi connectivity index (χ1) is 16.2. The first-order valence-electron chi connectivity index (χ1n) is 11.5. The number of alkyl halides is 2. The van der Waals surface area contributed by atoms with Crippen molar-refractivity contribution in [2.75, 3.05) is 6.61 Å². The van der Waals surface area contributed by atoms with Crippen molar-refractivity contribution in [3.05, 3.63) is 33.8 Å². The summed E-state index contributed by atoms with van der Waals surface area (Å²) in [6, 6.07) is 4.36. The van der Waals surface area contributed by atoms with Gasteiger partial charge in [-0.3, -0.25) is 24.1 Å². The summed E-state index contributed by atoms with van der Waals surface area (Å²) in [5.74, 6) is -1.31. The summed E-state index contributed by atoms with van der Waals surface area (Å²) < 4.78 is 5.27. The lowest BCUT2D eigenvalue weighted by Gasteiger charge is -2.33. The van der Waals surface area contributed by atoms with Gasteiger partial charge < -0.3 is 4.74 Å². The number of rotatable bonds is 5. The molecule has 6 atom stereocenters. The van der Waals surface area contributed by atoms with Crippen LogP contribution in [0.5, 0.6) is 0 Å². The zero-order valence-electron chi connectivity index (χ0n) is 18.1. The van der Waals surface area contributed by atoms with E-state index in [4.69, 9.17) is 27.9 Å². The normalized spacial score (nSPS) is 36.6. The van der Waals surface area contributed by atoms with Crippen LogP contribution in [0.25, 0.3) is 0 Å². The van der Waals surface area contributed by atoms with Crippen molar-refractivity contribution in [3.63, 3.8) is 0 Å². The lowest BCUT2D eigenvalue weighted by Crippen LogP contribution is -2.44. The Morgan fingerprint density at radius 1 is 0.971 bits per heavy atom. The fraction of sp³-hybridized carbons (Fsp3) is 0.583. The van der Waals surface area contributed by atoms with Gasteiger partial charge in [-0.2, -0.15) is 0 Å². The summed E-state index contributed by atoms with van der Waals surface area (Å²) in [5, 5.41) is 0.630. The predicted octanol–water partition coefficient (Wildman–Crippen LogP) is 5.06. The molecule has 3 saturated carbocycles. The summed E-state index contributed by atoms with van der Waals surface area (Å²) in [6.45, 7) is -0.392. The van der Waals surface area contributed by atoms with Crippen molar-refractivity contribution in [2.45, 2.75) is 47.8 Å². The Morgan fingerprint density at radius 2 is 1.56 bits per heavy atom. The first kappa shape index (κ1) is 24.7. The van der Waals surface area contributed by atoms with E-state index in [1.165, 1.54) is 17.0 Å². The lowest BCUT2D eigenvalue weighted by atomic mass is 9.81. The number of Topliss-reactive ketones (excluding diaryl/α,β-unsaturated/α-hetero) is 1. The van der Waals surface area contributed by atoms with E-state index in [2.05, 4.69) is 31.9 Å². The molecule has 0 N–H and O–H groups in total. The van der Waals surface area contributed by atoms with Crippen LogP contribution < -0.4 is 0 Å². The summed E-state index contributed by atoms with van der Waals surface area (Å²) in [4.78, 5) is 53.3. The molecule has 5 rings (SSSR count). The number of imide groups is 1. The third-order valence-corrected chi connectivity index (χ3v) is 11.7. The quantitative estimate of drug-likeness (QED) is 0.196. The molecular formula is C24H23Br2Cl2NO5. The molecule has 2 bridgehead atoms. The SMILES string of the molecule is O=C(COC(=O)C1CCC(N2C(=O)[C@H]3[C@@H]4C[C@@H]([C@@H](Br)[C@H]4Br)[C@@H]3C2=O)CC1)c1ccc(Cl)cc1Cl. The van der Waals surface area contributed by atoms with Crippen LogP contribution >= 0.6 is 55.1 Å². The number of ketones is 1. The Hall–Kier alpha value is -0.960. The predicted molar refractivity (Wildman–Crippen MR) is 133 cm³/mol. The van der Waals surface area contributed by atoms with Crippen LogP contribution in [-0.4, -0.2) is 50.8 Å². The van der Waals surface area contributed by atoms with E-state index in [1.54, 1.807) is 6.07 Å². The number of halogens is 4. The number of hydrogen-bond donors (Lipinski definition) is 0. The number of fused-ring (bicyclic) bond motifs is 5. The molecule has 1 aromatic rings. The van der Waals surface area contributed by atoms with E-state index < -0.39 is 18.4 Å². The van der Waals surface area contributed by atoms with Crippen molar-refractivity contribution in [3.8, 4) is 0 Å². The van der Waals surface area contributed by atoms with E-state index in [0.717, 1.165) is 6.42 Å². The summed E-state index contributed by atoms with van der Waals surface area (Å²) in [6.07, 6.45) is 3.07. The van der Waals surface area contributed by atoms with E-state index in [-0.39, 0.29) is 67.7 Å². The Kier molecular flexibility index (Phi) is 6.90. The molecule has 4 aliphatic rings. The van der Waals surface area contributed by atoms with Crippen molar-refractivity contribution in [2.24, 2.45) is 29.6 Å². The summed E-state index contributed by atoms with van der Waals surface area (Å²) in [7, 11) is 0. The highest BCUT2D eigenvalue weighted by Crippen LogP contribution is 2.60. The maximum atomic E-state index is 13.2. The van der Waals surface area contributed by atoms with Gasteiger partial charge in [-0.25, -0.2) is 0 Å². The number of amides is 2. The maximum Gasteiger partial charge on any atom is 0.309 e. The fourth-order valence-corrected chi connectivity index (χ4v) is 8.74. The average Bonchev–Trinajstić information content (AvgIpc) is 3.42. The van der Waals surface area contributed by atoms with E-state index in [1.807, 2.05) is 0 Å². The molecule has 1 saturated heterocycles.